The van der Waals surface area contributed by atoms with Crippen LogP contribution in [-0.4, -0.2) is 51.0 Å². The van der Waals surface area contributed by atoms with Crippen LogP contribution < -0.4 is 9.62 Å². The van der Waals surface area contributed by atoms with Gasteiger partial charge in [-0.3, -0.25) is 13.9 Å². The molecule has 3 aromatic carbocycles. The summed E-state index contributed by atoms with van der Waals surface area (Å²) in [4.78, 5) is 28.3. The SMILES string of the molecule is CNC(=O)C(Cc1ccccc1)N(Cc1ccc(C)cc1)C(=O)CN(c1cc(Cl)cc(Cl)c1)S(C)(=O)=O. The van der Waals surface area contributed by atoms with E-state index in [-0.39, 0.29) is 34.6 Å². The molecule has 196 valence electrons. The first-order valence-corrected chi connectivity index (χ1v) is 14.1. The second kappa shape index (κ2) is 12.4. The van der Waals surface area contributed by atoms with Crippen molar-refractivity contribution in [1.82, 2.24) is 10.2 Å². The number of hydrogen-bond acceptors (Lipinski definition) is 4. The Balaban J connectivity index is 2.03. The highest BCUT2D eigenvalue weighted by atomic mass is 35.5. The molecule has 0 saturated heterocycles. The Labute approximate surface area is 228 Å². The Morgan fingerprint density at radius 3 is 2.05 bits per heavy atom. The van der Waals surface area contributed by atoms with Gasteiger partial charge < -0.3 is 10.2 Å². The van der Waals surface area contributed by atoms with Crippen LogP contribution in [0.2, 0.25) is 10.0 Å². The van der Waals surface area contributed by atoms with E-state index in [0.29, 0.717) is 0 Å². The molecule has 1 unspecified atom stereocenters. The molecule has 3 rings (SSSR count). The van der Waals surface area contributed by atoms with Gasteiger partial charge in [-0.15, -0.1) is 0 Å². The highest BCUT2D eigenvalue weighted by Gasteiger charge is 2.32. The zero-order valence-electron chi connectivity index (χ0n) is 20.8. The minimum atomic E-state index is -3.90. The molecule has 1 atom stereocenters. The maximum absolute atomic E-state index is 13.8. The van der Waals surface area contributed by atoms with Gasteiger partial charge in [-0.05, 0) is 36.2 Å². The number of anilines is 1. The summed E-state index contributed by atoms with van der Waals surface area (Å²) in [6.07, 6.45) is 1.25. The lowest BCUT2D eigenvalue weighted by Gasteiger charge is -2.33. The van der Waals surface area contributed by atoms with Gasteiger partial charge in [0.25, 0.3) is 0 Å². The molecule has 3 aromatic rings. The summed E-state index contributed by atoms with van der Waals surface area (Å²) in [5, 5.41) is 3.10. The standard InChI is InChI=1S/C27H29Cl2N3O4S/c1-19-9-11-21(12-10-19)17-31(25(27(34)30-2)13-20-7-5-4-6-8-20)26(33)18-32(37(3,35)36)24-15-22(28)14-23(29)16-24/h4-12,14-16,25H,13,17-18H2,1-3H3,(H,30,34). The smallest absolute Gasteiger partial charge is 0.244 e. The quantitative estimate of drug-likeness (QED) is 0.396. The molecule has 0 aliphatic carbocycles. The highest BCUT2D eigenvalue weighted by Crippen LogP contribution is 2.27. The fourth-order valence-corrected chi connectivity index (χ4v) is 5.26. The Kier molecular flexibility index (Phi) is 9.59. The molecule has 0 spiro atoms. The number of likely N-dealkylation sites (N-methyl/N-ethyl adjacent to an activating group) is 1. The summed E-state index contributed by atoms with van der Waals surface area (Å²) < 4.78 is 26.4. The molecular formula is C27H29Cl2N3O4S. The second-order valence-electron chi connectivity index (χ2n) is 8.72. The van der Waals surface area contributed by atoms with Crippen LogP contribution >= 0.6 is 23.2 Å². The Morgan fingerprint density at radius 2 is 1.51 bits per heavy atom. The van der Waals surface area contributed by atoms with Gasteiger partial charge in [0.05, 0.1) is 11.9 Å². The van der Waals surface area contributed by atoms with Crippen molar-refractivity contribution in [2.24, 2.45) is 0 Å². The molecule has 0 bridgehead atoms. The van der Waals surface area contributed by atoms with Gasteiger partial charge in [0.2, 0.25) is 21.8 Å². The maximum atomic E-state index is 13.8. The van der Waals surface area contributed by atoms with Crippen molar-refractivity contribution in [1.29, 1.82) is 0 Å². The van der Waals surface area contributed by atoms with Crippen LogP contribution in [0.15, 0.2) is 72.8 Å². The molecule has 0 aromatic heterocycles. The zero-order valence-corrected chi connectivity index (χ0v) is 23.1. The monoisotopic (exact) mass is 561 g/mol. The Bertz CT molecular complexity index is 1330. The van der Waals surface area contributed by atoms with Crippen molar-refractivity contribution in [2.75, 3.05) is 24.2 Å². The average molecular weight is 563 g/mol. The normalized spacial score (nSPS) is 12.0. The van der Waals surface area contributed by atoms with Gasteiger partial charge >= 0.3 is 0 Å². The fraction of sp³-hybridized carbons (Fsp3) is 0.259. The number of nitrogens with one attached hydrogen (secondary N) is 1. The van der Waals surface area contributed by atoms with E-state index in [9.17, 15) is 18.0 Å². The van der Waals surface area contributed by atoms with Gasteiger partial charge in [0.1, 0.15) is 12.6 Å². The lowest BCUT2D eigenvalue weighted by molar-refractivity contribution is -0.139. The molecule has 1 N–H and O–H groups in total. The van der Waals surface area contributed by atoms with Crippen LogP contribution in [0.5, 0.6) is 0 Å². The van der Waals surface area contributed by atoms with Crippen LogP contribution in [0, 0.1) is 6.92 Å². The lowest BCUT2D eigenvalue weighted by Crippen LogP contribution is -2.52. The number of carbonyl (C=O) groups is 2. The summed E-state index contributed by atoms with van der Waals surface area (Å²) in [6.45, 7) is 1.52. The molecule has 0 aliphatic rings. The predicted octanol–water partition coefficient (Wildman–Crippen LogP) is 4.45. The molecule has 7 nitrogen and oxygen atoms in total. The van der Waals surface area contributed by atoms with Crippen molar-refractivity contribution in [3.63, 3.8) is 0 Å². The minimum Gasteiger partial charge on any atom is -0.357 e. The van der Waals surface area contributed by atoms with E-state index in [1.165, 1.54) is 30.1 Å². The van der Waals surface area contributed by atoms with Crippen LogP contribution in [-0.2, 0) is 32.6 Å². The summed E-state index contributed by atoms with van der Waals surface area (Å²) >= 11 is 12.2. The number of benzene rings is 3. The maximum Gasteiger partial charge on any atom is 0.244 e. The predicted molar refractivity (Wildman–Crippen MR) is 148 cm³/mol. The molecule has 10 heteroatoms. The van der Waals surface area contributed by atoms with E-state index in [1.807, 2.05) is 61.5 Å². The molecular weight excluding hydrogens is 533 g/mol. The Hall–Kier alpha value is -3.07. The lowest BCUT2D eigenvalue weighted by atomic mass is 10.0. The largest absolute Gasteiger partial charge is 0.357 e. The van der Waals surface area contributed by atoms with E-state index in [2.05, 4.69) is 5.32 Å². The van der Waals surface area contributed by atoms with Crippen molar-refractivity contribution >= 4 is 50.7 Å². The zero-order chi connectivity index (χ0) is 27.2. The Morgan fingerprint density at radius 1 is 0.919 bits per heavy atom. The molecule has 0 fully saturated rings. The summed E-state index contributed by atoms with van der Waals surface area (Å²) in [5.41, 5.74) is 2.87. The van der Waals surface area contributed by atoms with E-state index in [0.717, 1.165) is 27.3 Å². The van der Waals surface area contributed by atoms with Crippen LogP contribution in [0.4, 0.5) is 5.69 Å². The van der Waals surface area contributed by atoms with Gasteiger partial charge in [0.15, 0.2) is 0 Å². The molecule has 0 aliphatic heterocycles. The number of amides is 2. The van der Waals surface area contributed by atoms with Crippen LogP contribution in [0.25, 0.3) is 0 Å². The van der Waals surface area contributed by atoms with Gasteiger partial charge in [-0.25, -0.2) is 8.42 Å². The van der Waals surface area contributed by atoms with Gasteiger partial charge in [-0.2, -0.15) is 0 Å². The van der Waals surface area contributed by atoms with Crippen LogP contribution in [0.1, 0.15) is 16.7 Å². The molecule has 37 heavy (non-hydrogen) atoms. The highest BCUT2D eigenvalue weighted by molar-refractivity contribution is 7.92. The minimum absolute atomic E-state index is 0.109. The van der Waals surface area contributed by atoms with E-state index < -0.39 is 28.5 Å². The van der Waals surface area contributed by atoms with Crippen molar-refractivity contribution in [3.05, 3.63) is 99.5 Å². The summed E-state index contributed by atoms with van der Waals surface area (Å²) in [5.74, 6) is -0.910. The number of sulfonamides is 1. The molecule has 0 radical (unpaired) electrons. The topological polar surface area (TPSA) is 86.8 Å². The third-order valence-corrected chi connectivity index (χ3v) is 7.38. The van der Waals surface area contributed by atoms with Crippen molar-refractivity contribution in [2.45, 2.75) is 25.9 Å². The summed E-state index contributed by atoms with van der Waals surface area (Å²) in [6, 6.07) is 20.4. The number of carbonyl (C=O) groups excluding carboxylic acids is 2. The first-order valence-electron chi connectivity index (χ1n) is 11.5. The third-order valence-electron chi connectivity index (χ3n) is 5.81. The molecule has 0 saturated carbocycles. The van der Waals surface area contributed by atoms with Crippen molar-refractivity contribution in [3.8, 4) is 0 Å². The fourth-order valence-electron chi connectivity index (χ4n) is 3.91. The molecule has 2 amide bonds. The number of rotatable bonds is 10. The van der Waals surface area contributed by atoms with Crippen molar-refractivity contribution < 1.29 is 18.0 Å². The van der Waals surface area contributed by atoms with E-state index in [4.69, 9.17) is 23.2 Å². The average Bonchev–Trinajstić information content (AvgIpc) is 2.84. The van der Waals surface area contributed by atoms with Gasteiger partial charge in [-0.1, -0.05) is 83.4 Å². The third kappa shape index (κ3) is 7.95. The second-order valence-corrected chi connectivity index (χ2v) is 11.5. The van der Waals surface area contributed by atoms with Crippen LogP contribution in [0.3, 0.4) is 0 Å². The van der Waals surface area contributed by atoms with E-state index >= 15 is 0 Å². The van der Waals surface area contributed by atoms with E-state index in [1.54, 1.807) is 0 Å². The first kappa shape index (κ1) is 28.5. The number of aryl methyl sites for hydroxylation is 1. The number of nitrogens with zero attached hydrogens (tertiary/aromatic N) is 2. The number of halogens is 2. The van der Waals surface area contributed by atoms with Gasteiger partial charge in [0, 0.05) is 30.1 Å². The summed E-state index contributed by atoms with van der Waals surface area (Å²) in [7, 11) is -2.40. The molecule has 0 heterocycles. The number of hydrogen-bond donors (Lipinski definition) is 1. The first-order chi connectivity index (χ1) is 17.5.